The summed E-state index contributed by atoms with van der Waals surface area (Å²) in [4.78, 5) is 0. The Morgan fingerprint density at radius 1 is 0.528 bits per heavy atom. The van der Waals surface area contributed by atoms with Gasteiger partial charge >= 0.3 is 183 Å². The summed E-state index contributed by atoms with van der Waals surface area (Å²) in [5.41, 5.74) is -15.6. The van der Waals surface area contributed by atoms with Crippen molar-refractivity contribution in [2.45, 2.75) is 60.8 Å². The van der Waals surface area contributed by atoms with Crippen LogP contribution in [0.15, 0.2) is 0 Å². The topological polar surface area (TPSA) is 46.2 Å². The summed E-state index contributed by atoms with van der Waals surface area (Å²) in [6, 6.07) is 0. The van der Waals surface area contributed by atoms with Crippen molar-refractivity contribution in [1.29, 1.82) is 0 Å². The molecule has 0 bridgehead atoms. The molecular formula is C12H7F18O5P. The van der Waals surface area contributed by atoms with Crippen LogP contribution in [-0.2, 0) is 22.6 Å². The van der Waals surface area contributed by atoms with E-state index in [1.54, 1.807) is 0 Å². The van der Waals surface area contributed by atoms with E-state index in [1.165, 1.54) is 0 Å². The predicted molar refractivity (Wildman–Crippen MR) is 72.3 cm³/mol. The van der Waals surface area contributed by atoms with Gasteiger partial charge in [0, 0.05) is 0 Å². The zero-order chi connectivity index (χ0) is 28.7. The Kier molecular flexibility index (Phi) is 6.92. The standard InChI is InChI=1S/C12H7F18O5P/c13-5(14,15)4(6(16,17)18)33-36(31-2-1-3-32-36)34-7(9(19,20)21,10(22,23)24)8(35-36,11(25,26)27)12(28,29)30/h4H,1-3H2. The summed E-state index contributed by atoms with van der Waals surface area (Å²) in [5.74, 6) is 0. The molecule has 0 amide bonds. The normalized spacial score (nSPS) is 26.1. The maximum absolute atomic E-state index is 13.7. The van der Waals surface area contributed by atoms with Gasteiger partial charge in [-0.25, -0.2) is 0 Å². The third-order valence-electron chi connectivity index (χ3n) is 4.43. The molecule has 0 aromatic heterocycles. The molecule has 2 heterocycles. The van der Waals surface area contributed by atoms with Crippen molar-refractivity contribution in [3.63, 3.8) is 0 Å². The van der Waals surface area contributed by atoms with Crippen LogP contribution in [0.2, 0.25) is 0 Å². The molecule has 0 unspecified atom stereocenters. The molecule has 2 aliphatic heterocycles. The predicted octanol–water partition coefficient (Wildman–Crippen LogP) is 6.84. The van der Waals surface area contributed by atoms with Gasteiger partial charge in [0.25, 0.3) is 0 Å². The molecule has 0 radical (unpaired) electrons. The van der Waals surface area contributed by atoms with Crippen LogP contribution in [0.4, 0.5) is 79.0 Å². The molecule has 36 heavy (non-hydrogen) atoms. The molecule has 0 N–H and O–H groups in total. The fourth-order valence-electron chi connectivity index (χ4n) is 3.13. The first-order valence-electron chi connectivity index (χ1n) is 8.36. The van der Waals surface area contributed by atoms with E-state index in [2.05, 4.69) is 22.6 Å². The van der Waals surface area contributed by atoms with Crippen LogP contribution in [0.1, 0.15) is 6.42 Å². The Hall–Kier alpha value is -1.03. The van der Waals surface area contributed by atoms with Gasteiger partial charge < -0.3 is 0 Å². The van der Waals surface area contributed by atoms with Crippen LogP contribution < -0.4 is 0 Å². The van der Waals surface area contributed by atoms with E-state index in [0.29, 0.717) is 0 Å². The first kappa shape index (κ1) is 31.2. The molecule has 1 spiro atoms. The van der Waals surface area contributed by atoms with Gasteiger partial charge in [0.05, 0.1) is 0 Å². The van der Waals surface area contributed by atoms with Crippen LogP contribution >= 0.6 is 7.74 Å². The van der Waals surface area contributed by atoms with Crippen LogP contribution in [0.25, 0.3) is 0 Å². The molecule has 0 aromatic rings. The quantitative estimate of drug-likeness (QED) is 0.256. The summed E-state index contributed by atoms with van der Waals surface area (Å²) >= 11 is 0. The van der Waals surface area contributed by atoms with Crippen molar-refractivity contribution in [1.82, 2.24) is 0 Å². The van der Waals surface area contributed by atoms with Crippen molar-refractivity contribution in [3.05, 3.63) is 0 Å². The van der Waals surface area contributed by atoms with Gasteiger partial charge in [-0.2, -0.15) is 0 Å². The maximum atomic E-state index is 13.7. The number of hydrogen-bond acceptors (Lipinski definition) is 5. The van der Waals surface area contributed by atoms with Crippen molar-refractivity contribution >= 4 is 7.74 Å². The Bertz CT molecular complexity index is 742. The van der Waals surface area contributed by atoms with E-state index in [1.807, 2.05) is 0 Å². The van der Waals surface area contributed by atoms with Crippen LogP contribution in [0, 0.1) is 0 Å². The Morgan fingerprint density at radius 3 is 1.03 bits per heavy atom. The average Bonchev–Trinajstić information content (AvgIpc) is 2.89. The zero-order valence-electron chi connectivity index (χ0n) is 16.0. The van der Waals surface area contributed by atoms with Gasteiger partial charge in [-0.1, -0.05) is 0 Å². The van der Waals surface area contributed by atoms with Crippen molar-refractivity contribution in [3.8, 4) is 0 Å². The second-order valence-corrected chi connectivity index (χ2v) is 9.45. The van der Waals surface area contributed by atoms with E-state index in [0.717, 1.165) is 0 Å². The van der Waals surface area contributed by atoms with Gasteiger partial charge in [0.15, 0.2) is 0 Å². The van der Waals surface area contributed by atoms with E-state index in [9.17, 15) is 79.0 Å². The Labute approximate surface area is 184 Å². The van der Waals surface area contributed by atoms with Crippen LogP contribution in [0.3, 0.4) is 0 Å². The monoisotopic (exact) mass is 604 g/mol. The molecule has 0 saturated carbocycles. The van der Waals surface area contributed by atoms with Crippen LogP contribution in [-0.4, -0.2) is 67.6 Å². The molecule has 0 aliphatic carbocycles. The summed E-state index contributed by atoms with van der Waals surface area (Å²) in [6.07, 6.45) is -52.4. The third kappa shape index (κ3) is 4.35. The Balaban J connectivity index is 3.12. The van der Waals surface area contributed by atoms with Crippen molar-refractivity contribution in [2.24, 2.45) is 0 Å². The fourth-order valence-corrected chi connectivity index (χ4v) is 6.66. The van der Waals surface area contributed by atoms with Gasteiger partial charge in [-0.15, -0.1) is 0 Å². The molecule has 2 fully saturated rings. The summed E-state index contributed by atoms with van der Waals surface area (Å²) in [6.45, 7) is -3.45. The number of rotatable bonds is 2. The second-order valence-electron chi connectivity index (χ2n) is 6.87. The molecule has 216 valence electrons. The average molecular weight is 604 g/mol. The van der Waals surface area contributed by atoms with Gasteiger partial charge in [0.2, 0.25) is 0 Å². The number of alkyl halides is 18. The zero-order valence-corrected chi connectivity index (χ0v) is 16.9. The minimum absolute atomic E-state index is 0.910. The molecule has 5 nitrogen and oxygen atoms in total. The molecule has 2 aliphatic rings. The van der Waals surface area contributed by atoms with E-state index in [-0.39, 0.29) is 0 Å². The SMILES string of the molecule is FC(F)(F)C(OP12(OCCCO1)OC(C(F)(F)F)(C(F)(F)F)C(C(F)(F)F)(C(F)(F)F)O2)C(F)(F)F. The molecule has 2 rings (SSSR count). The fraction of sp³-hybridized carbons (Fsp3) is 1.00. The molecular weight excluding hydrogens is 597 g/mol. The molecule has 0 aromatic carbocycles. The van der Waals surface area contributed by atoms with E-state index < -0.39 is 81.7 Å². The second kappa shape index (κ2) is 7.99. The summed E-state index contributed by atoms with van der Waals surface area (Å²) in [5, 5.41) is 0. The number of halogens is 18. The van der Waals surface area contributed by atoms with Gasteiger partial charge in [-0.3, -0.25) is 0 Å². The van der Waals surface area contributed by atoms with Gasteiger partial charge in [0.1, 0.15) is 0 Å². The molecule has 2 saturated heterocycles. The first-order valence-corrected chi connectivity index (χ1v) is 10.2. The Morgan fingerprint density at radius 2 is 0.806 bits per heavy atom. The summed E-state index contributed by atoms with van der Waals surface area (Å²) < 4.78 is 258. The summed E-state index contributed by atoms with van der Waals surface area (Å²) in [7, 11) is -8.90. The third-order valence-corrected chi connectivity index (χ3v) is 7.34. The number of hydrogen-bond donors (Lipinski definition) is 0. The molecule has 24 heteroatoms. The minimum atomic E-state index is -8.90. The van der Waals surface area contributed by atoms with Crippen molar-refractivity contribution in [2.75, 3.05) is 13.2 Å². The van der Waals surface area contributed by atoms with E-state index in [4.69, 9.17) is 0 Å². The molecule has 0 atom stereocenters. The van der Waals surface area contributed by atoms with Crippen LogP contribution in [0.5, 0.6) is 0 Å². The van der Waals surface area contributed by atoms with Gasteiger partial charge in [-0.05, 0) is 0 Å². The van der Waals surface area contributed by atoms with E-state index >= 15 is 0 Å². The van der Waals surface area contributed by atoms with Crippen molar-refractivity contribution < 1.29 is 102 Å². The first-order chi connectivity index (χ1) is 15.5.